The van der Waals surface area contributed by atoms with E-state index in [0.717, 1.165) is 19.3 Å². The van der Waals surface area contributed by atoms with Gasteiger partial charge in [0.1, 0.15) is 0 Å². The summed E-state index contributed by atoms with van der Waals surface area (Å²) in [5.41, 5.74) is 0.679. The van der Waals surface area contributed by atoms with Gasteiger partial charge in [0.2, 0.25) is 5.76 Å². The summed E-state index contributed by atoms with van der Waals surface area (Å²) in [6.45, 7) is 2.31. The lowest BCUT2D eigenvalue weighted by molar-refractivity contribution is -0.140. The zero-order valence-corrected chi connectivity index (χ0v) is 10.7. The van der Waals surface area contributed by atoms with Crippen molar-refractivity contribution < 1.29 is 18.8 Å². The lowest BCUT2D eigenvalue weighted by Crippen LogP contribution is -2.23. The van der Waals surface area contributed by atoms with Crippen LogP contribution in [0.3, 0.4) is 0 Å². The van der Waals surface area contributed by atoms with Gasteiger partial charge < -0.3 is 14.6 Å². The Labute approximate surface area is 106 Å². The summed E-state index contributed by atoms with van der Waals surface area (Å²) in [5, 5.41) is 6.36. The van der Waals surface area contributed by atoms with E-state index in [1.807, 2.05) is 0 Å². The smallest absolute Gasteiger partial charge is 0.305 e. The van der Waals surface area contributed by atoms with Crippen LogP contribution in [0.4, 0.5) is 0 Å². The minimum Gasteiger partial charge on any atom is -0.469 e. The van der Waals surface area contributed by atoms with Crippen molar-refractivity contribution >= 4 is 11.9 Å². The number of ether oxygens (including phenoxy) is 1. The topological polar surface area (TPSA) is 81.4 Å². The minimum absolute atomic E-state index is 0.198. The molecule has 0 aliphatic rings. The highest BCUT2D eigenvalue weighted by Crippen LogP contribution is 2.03. The van der Waals surface area contributed by atoms with E-state index in [4.69, 9.17) is 4.52 Å². The highest BCUT2D eigenvalue weighted by atomic mass is 16.5. The first-order valence-corrected chi connectivity index (χ1v) is 5.92. The van der Waals surface area contributed by atoms with Crippen molar-refractivity contribution in [2.24, 2.45) is 0 Å². The molecule has 6 heteroatoms. The fourth-order valence-electron chi connectivity index (χ4n) is 1.43. The van der Waals surface area contributed by atoms with Crippen LogP contribution in [0.15, 0.2) is 10.6 Å². The summed E-state index contributed by atoms with van der Waals surface area (Å²) >= 11 is 0. The number of esters is 1. The average molecular weight is 254 g/mol. The molecule has 1 aromatic heterocycles. The van der Waals surface area contributed by atoms with E-state index in [-0.39, 0.29) is 17.6 Å². The second-order valence-electron chi connectivity index (χ2n) is 3.98. The van der Waals surface area contributed by atoms with Gasteiger partial charge >= 0.3 is 5.97 Å². The largest absolute Gasteiger partial charge is 0.469 e. The monoisotopic (exact) mass is 254 g/mol. The number of aryl methyl sites for hydroxylation is 1. The van der Waals surface area contributed by atoms with Crippen LogP contribution in [0.1, 0.15) is 41.9 Å². The lowest BCUT2D eigenvalue weighted by Gasteiger charge is -2.02. The van der Waals surface area contributed by atoms with Gasteiger partial charge in [0, 0.05) is 19.0 Å². The molecule has 1 amide bonds. The highest BCUT2D eigenvalue weighted by molar-refractivity contribution is 5.91. The maximum Gasteiger partial charge on any atom is 0.305 e. The predicted molar refractivity (Wildman–Crippen MR) is 64.1 cm³/mol. The van der Waals surface area contributed by atoms with Crippen molar-refractivity contribution in [1.29, 1.82) is 0 Å². The summed E-state index contributed by atoms with van der Waals surface area (Å²) in [5.74, 6) is -0.234. The average Bonchev–Trinajstić information content (AvgIpc) is 2.79. The van der Waals surface area contributed by atoms with Gasteiger partial charge in [-0.2, -0.15) is 0 Å². The first-order valence-electron chi connectivity index (χ1n) is 5.92. The molecule has 1 aromatic rings. The Morgan fingerprint density at radius 3 is 2.78 bits per heavy atom. The predicted octanol–water partition coefficient (Wildman–Crippen LogP) is 1.45. The number of amides is 1. The van der Waals surface area contributed by atoms with Gasteiger partial charge in [-0.15, -0.1) is 0 Å². The normalized spacial score (nSPS) is 10.1. The summed E-state index contributed by atoms with van der Waals surface area (Å²) < 4.78 is 9.35. The van der Waals surface area contributed by atoms with Gasteiger partial charge in [-0.1, -0.05) is 11.6 Å². The summed E-state index contributed by atoms with van der Waals surface area (Å²) in [6.07, 6.45) is 2.87. The Morgan fingerprint density at radius 1 is 1.39 bits per heavy atom. The number of carbonyl (C=O) groups is 2. The number of carbonyl (C=O) groups excluding carboxylic acids is 2. The van der Waals surface area contributed by atoms with Gasteiger partial charge in [0.25, 0.3) is 5.91 Å². The first kappa shape index (κ1) is 14.2. The molecule has 0 spiro atoms. The Kier molecular flexibility index (Phi) is 5.90. The molecule has 0 radical (unpaired) electrons. The number of methoxy groups -OCH3 is 1. The van der Waals surface area contributed by atoms with Gasteiger partial charge in [-0.05, 0) is 19.8 Å². The fraction of sp³-hybridized carbons (Fsp3) is 0.583. The second-order valence-corrected chi connectivity index (χ2v) is 3.98. The van der Waals surface area contributed by atoms with E-state index in [1.165, 1.54) is 7.11 Å². The van der Waals surface area contributed by atoms with Crippen LogP contribution in [0, 0.1) is 6.92 Å². The lowest BCUT2D eigenvalue weighted by atomic mass is 10.2. The SMILES string of the molecule is COC(=O)CCCCCNC(=O)c1cc(C)no1. The molecule has 6 nitrogen and oxygen atoms in total. The number of unbranched alkanes of at least 4 members (excludes halogenated alkanes) is 2. The maximum atomic E-state index is 11.5. The van der Waals surface area contributed by atoms with Gasteiger partial charge in [-0.3, -0.25) is 9.59 Å². The zero-order valence-electron chi connectivity index (χ0n) is 10.7. The van der Waals surface area contributed by atoms with E-state index in [2.05, 4.69) is 15.2 Å². The number of nitrogens with one attached hydrogen (secondary N) is 1. The number of rotatable bonds is 7. The van der Waals surface area contributed by atoms with Crippen molar-refractivity contribution in [3.05, 3.63) is 17.5 Å². The molecule has 1 rings (SSSR count). The molecule has 1 heterocycles. The van der Waals surface area contributed by atoms with E-state index in [9.17, 15) is 9.59 Å². The van der Waals surface area contributed by atoms with Crippen LogP contribution in [0.2, 0.25) is 0 Å². The minimum atomic E-state index is -0.261. The third-order valence-corrected chi connectivity index (χ3v) is 2.42. The van der Waals surface area contributed by atoms with Crippen LogP contribution < -0.4 is 5.32 Å². The van der Waals surface area contributed by atoms with E-state index >= 15 is 0 Å². The Bertz CT molecular complexity index is 401. The molecule has 0 saturated heterocycles. The molecule has 0 fully saturated rings. The Hall–Kier alpha value is -1.85. The summed E-state index contributed by atoms with van der Waals surface area (Å²) in [4.78, 5) is 22.4. The van der Waals surface area contributed by atoms with E-state index in [0.29, 0.717) is 18.7 Å². The number of hydrogen-bond donors (Lipinski definition) is 1. The Morgan fingerprint density at radius 2 is 2.17 bits per heavy atom. The molecule has 0 atom stereocenters. The first-order chi connectivity index (χ1) is 8.63. The van der Waals surface area contributed by atoms with Gasteiger partial charge in [0.05, 0.1) is 12.8 Å². The van der Waals surface area contributed by atoms with E-state index in [1.54, 1.807) is 13.0 Å². The molecule has 0 aromatic carbocycles. The third-order valence-electron chi connectivity index (χ3n) is 2.42. The second kappa shape index (κ2) is 7.47. The van der Waals surface area contributed by atoms with E-state index < -0.39 is 0 Å². The van der Waals surface area contributed by atoms with Crippen molar-refractivity contribution in [1.82, 2.24) is 10.5 Å². The Balaban J connectivity index is 2.08. The van der Waals surface area contributed by atoms with Gasteiger partial charge in [0.15, 0.2) is 0 Å². The standard InChI is InChI=1S/C12H18N2O4/c1-9-8-10(18-14-9)12(16)13-7-5-3-4-6-11(15)17-2/h8H,3-7H2,1-2H3,(H,13,16). The van der Waals surface area contributed by atoms with Crippen LogP contribution in [-0.4, -0.2) is 30.7 Å². The summed E-state index contributed by atoms with van der Waals surface area (Å²) in [6, 6.07) is 1.59. The van der Waals surface area contributed by atoms with Crippen LogP contribution in [0.5, 0.6) is 0 Å². The van der Waals surface area contributed by atoms with Crippen molar-refractivity contribution in [3.8, 4) is 0 Å². The van der Waals surface area contributed by atoms with Crippen molar-refractivity contribution in [3.63, 3.8) is 0 Å². The third kappa shape index (κ3) is 4.99. The zero-order chi connectivity index (χ0) is 13.4. The van der Waals surface area contributed by atoms with Crippen LogP contribution in [0.25, 0.3) is 0 Å². The molecule has 0 aliphatic heterocycles. The van der Waals surface area contributed by atoms with Crippen molar-refractivity contribution in [2.75, 3.05) is 13.7 Å². The number of hydrogen-bond acceptors (Lipinski definition) is 5. The fourth-order valence-corrected chi connectivity index (χ4v) is 1.43. The number of aromatic nitrogens is 1. The molecule has 0 bridgehead atoms. The molecule has 0 aliphatic carbocycles. The molecule has 100 valence electrons. The summed E-state index contributed by atoms with van der Waals surface area (Å²) in [7, 11) is 1.38. The van der Waals surface area contributed by atoms with Crippen LogP contribution >= 0.6 is 0 Å². The quantitative estimate of drug-likeness (QED) is 0.588. The molecule has 0 unspecified atom stereocenters. The van der Waals surface area contributed by atoms with Crippen molar-refractivity contribution in [2.45, 2.75) is 32.6 Å². The molecule has 18 heavy (non-hydrogen) atoms. The molecular weight excluding hydrogens is 236 g/mol. The van der Waals surface area contributed by atoms with Crippen LogP contribution in [-0.2, 0) is 9.53 Å². The maximum absolute atomic E-state index is 11.5. The number of nitrogens with zero attached hydrogens (tertiary/aromatic N) is 1. The highest BCUT2D eigenvalue weighted by Gasteiger charge is 2.10. The van der Waals surface area contributed by atoms with Gasteiger partial charge in [-0.25, -0.2) is 0 Å². The molecular formula is C12H18N2O4. The molecule has 0 saturated carbocycles. The molecule has 1 N–H and O–H groups in total.